The van der Waals surface area contributed by atoms with Gasteiger partial charge in [-0.2, -0.15) is 4.31 Å². The molecular formula is C25H29N3O5S. The molecular weight excluding hydrogens is 454 g/mol. The molecule has 0 saturated carbocycles. The smallest absolute Gasteiger partial charge is 0.265 e. The number of amides is 2. The number of fused-ring (bicyclic) bond motifs is 2. The molecule has 0 bridgehead atoms. The number of hydrogen-bond acceptors (Lipinski definition) is 5. The number of anilines is 2. The zero-order chi connectivity index (χ0) is 24.2. The van der Waals surface area contributed by atoms with Crippen molar-refractivity contribution in [3.05, 3.63) is 47.5 Å². The van der Waals surface area contributed by atoms with Crippen LogP contribution < -0.4 is 15.0 Å². The predicted octanol–water partition coefficient (Wildman–Crippen LogP) is 3.09. The van der Waals surface area contributed by atoms with Crippen LogP contribution in [0.4, 0.5) is 11.4 Å². The summed E-state index contributed by atoms with van der Waals surface area (Å²) in [5.41, 5.74) is 3.17. The van der Waals surface area contributed by atoms with Crippen LogP contribution in [-0.2, 0) is 26.0 Å². The highest BCUT2D eigenvalue weighted by atomic mass is 32.2. The fourth-order valence-corrected chi connectivity index (χ4v) is 6.89. The Morgan fingerprint density at radius 1 is 1.12 bits per heavy atom. The Bertz CT molecular complexity index is 1270. The van der Waals surface area contributed by atoms with Crippen molar-refractivity contribution in [3.63, 3.8) is 0 Å². The van der Waals surface area contributed by atoms with Crippen LogP contribution in [0.3, 0.4) is 0 Å². The second kappa shape index (κ2) is 8.39. The number of para-hydroxylation sites is 1. The number of nitrogens with zero attached hydrogens (tertiary/aromatic N) is 2. The molecule has 180 valence electrons. The van der Waals surface area contributed by atoms with Gasteiger partial charge in [0.15, 0.2) is 6.10 Å². The number of piperidine rings is 1. The fraction of sp³-hybridized carbons (Fsp3) is 0.440. The second-order valence-corrected chi connectivity index (χ2v) is 11.3. The number of nitrogens with one attached hydrogen (secondary N) is 1. The summed E-state index contributed by atoms with van der Waals surface area (Å²) in [7, 11) is -3.77. The highest BCUT2D eigenvalue weighted by molar-refractivity contribution is 7.89. The van der Waals surface area contributed by atoms with Crippen LogP contribution in [0.15, 0.2) is 41.3 Å². The van der Waals surface area contributed by atoms with Crippen LogP contribution in [-0.4, -0.2) is 49.8 Å². The summed E-state index contributed by atoms with van der Waals surface area (Å²) in [6.45, 7) is 5.95. The van der Waals surface area contributed by atoms with Crippen LogP contribution in [0.5, 0.6) is 5.75 Å². The molecule has 2 aromatic rings. The van der Waals surface area contributed by atoms with E-state index in [1.807, 2.05) is 23.1 Å². The number of ether oxygens (including phenoxy) is 1. The molecule has 0 aliphatic carbocycles. The average molecular weight is 484 g/mol. The lowest BCUT2D eigenvalue weighted by atomic mass is 9.96. The van der Waals surface area contributed by atoms with Crippen molar-refractivity contribution in [1.29, 1.82) is 0 Å². The van der Waals surface area contributed by atoms with E-state index < -0.39 is 16.1 Å². The first kappa shape index (κ1) is 22.9. The molecule has 1 saturated heterocycles. The van der Waals surface area contributed by atoms with E-state index in [0.29, 0.717) is 29.8 Å². The zero-order valence-electron chi connectivity index (χ0n) is 19.6. The fourth-order valence-electron chi connectivity index (χ4n) is 5.20. The minimum Gasteiger partial charge on any atom is -0.479 e. The van der Waals surface area contributed by atoms with Gasteiger partial charge < -0.3 is 15.0 Å². The summed E-state index contributed by atoms with van der Waals surface area (Å²) < 4.78 is 34.0. The van der Waals surface area contributed by atoms with Crippen molar-refractivity contribution in [3.8, 4) is 5.75 Å². The molecule has 0 aromatic heterocycles. The van der Waals surface area contributed by atoms with E-state index >= 15 is 0 Å². The number of carbonyl (C=O) groups excluding carboxylic acids is 2. The van der Waals surface area contributed by atoms with Crippen LogP contribution in [0.2, 0.25) is 0 Å². The Kier molecular flexibility index (Phi) is 5.64. The number of sulfonamides is 1. The molecule has 3 heterocycles. The maximum atomic E-state index is 13.5. The Labute approximate surface area is 199 Å². The van der Waals surface area contributed by atoms with E-state index in [-0.39, 0.29) is 41.8 Å². The monoisotopic (exact) mass is 483 g/mol. The van der Waals surface area contributed by atoms with Gasteiger partial charge in [0.25, 0.3) is 5.91 Å². The van der Waals surface area contributed by atoms with Gasteiger partial charge in [0, 0.05) is 36.8 Å². The normalized spacial score (nSPS) is 23.1. The van der Waals surface area contributed by atoms with E-state index in [4.69, 9.17) is 4.74 Å². The Hall–Kier alpha value is -2.91. The van der Waals surface area contributed by atoms with Crippen molar-refractivity contribution in [2.24, 2.45) is 5.92 Å². The number of carbonyl (C=O) groups is 2. The van der Waals surface area contributed by atoms with Gasteiger partial charge in [0.1, 0.15) is 5.75 Å². The Balaban J connectivity index is 1.32. The maximum Gasteiger partial charge on any atom is 0.265 e. The lowest BCUT2D eigenvalue weighted by Crippen LogP contribution is -2.46. The minimum absolute atomic E-state index is 0.0811. The first-order valence-electron chi connectivity index (χ1n) is 11.7. The summed E-state index contributed by atoms with van der Waals surface area (Å²) >= 11 is 0. The summed E-state index contributed by atoms with van der Waals surface area (Å²) in [4.78, 5) is 27.3. The second-order valence-electron chi connectivity index (χ2n) is 9.43. The van der Waals surface area contributed by atoms with Crippen LogP contribution in [0.25, 0.3) is 0 Å². The summed E-state index contributed by atoms with van der Waals surface area (Å²) in [6.07, 6.45) is 1.12. The molecule has 0 radical (unpaired) electrons. The van der Waals surface area contributed by atoms with E-state index in [2.05, 4.69) is 18.3 Å². The summed E-state index contributed by atoms with van der Waals surface area (Å²) in [6, 6.07) is 11.2. The number of aryl methyl sites for hydroxylation is 1. The van der Waals surface area contributed by atoms with Crippen molar-refractivity contribution < 1.29 is 22.7 Å². The van der Waals surface area contributed by atoms with Crippen molar-refractivity contribution >= 4 is 33.2 Å². The van der Waals surface area contributed by atoms with Gasteiger partial charge >= 0.3 is 0 Å². The van der Waals surface area contributed by atoms with E-state index in [0.717, 1.165) is 12.1 Å². The van der Waals surface area contributed by atoms with Crippen LogP contribution in [0, 0.1) is 12.8 Å². The SMILES string of the molecule is Cc1cc2c(cc1S(=O)(=O)N1CCC(C(=O)N3c4ccccc4C[C@@H]3C)CC1)O[C@H](C)C(=O)N2. The van der Waals surface area contributed by atoms with Crippen LogP contribution in [0.1, 0.15) is 37.8 Å². The van der Waals surface area contributed by atoms with Gasteiger partial charge in [-0.15, -0.1) is 0 Å². The predicted molar refractivity (Wildman–Crippen MR) is 128 cm³/mol. The average Bonchev–Trinajstić information content (AvgIpc) is 3.15. The van der Waals surface area contributed by atoms with Gasteiger partial charge in [0.2, 0.25) is 15.9 Å². The quantitative estimate of drug-likeness (QED) is 0.724. The lowest BCUT2D eigenvalue weighted by molar-refractivity contribution is -0.124. The van der Waals surface area contributed by atoms with Gasteiger partial charge in [0.05, 0.1) is 10.6 Å². The zero-order valence-corrected chi connectivity index (χ0v) is 20.4. The molecule has 3 aliphatic rings. The summed E-state index contributed by atoms with van der Waals surface area (Å²) in [5.74, 6) is -0.0334. The van der Waals surface area contributed by atoms with Gasteiger partial charge in [-0.05, 0) is 63.3 Å². The molecule has 3 aliphatic heterocycles. The number of benzene rings is 2. The van der Waals surface area contributed by atoms with E-state index in [1.165, 1.54) is 15.9 Å². The van der Waals surface area contributed by atoms with Crippen molar-refractivity contribution in [1.82, 2.24) is 4.31 Å². The molecule has 1 N–H and O–H groups in total. The standard InChI is InChI=1S/C25H29N3O5S/c1-15-12-20-22(33-17(3)24(29)26-20)14-23(15)34(31,32)27-10-8-18(9-11-27)25(30)28-16(2)13-19-6-4-5-7-21(19)28/h4-7,12,14,16-18H,8-11,13H2,1-3H3,(H,26,29)/t16-,17+/m0/s1. The maximum absolute atomic E-state index is 13.5. The third-order valence-corrected chi connectivity index (χ3v) is 9.11. The third-order valence-electron chi connectivity index (χ3n) is 7.07. The molecule has 0 spiro atoms. The Morgan fingerprint density at radius 2 is 1.82 bits per heavy atom. The topological polar surface area (TPSA) is 96.0 Å². The van der Waals surface area contributed by atoms with Gasteiger partial charge in [-0.1, -0.05) is 18.2 Å². The molecule has 0 unspecified atom stereocenters. The molecule has 34 heavy (non-hydrogen) atoms. The molecule has 2 amide bonds. The van der Waals surface area contributed by atoms with Crippen LogP contribution >= 0.6 is 0 Å². The first-order valence-corrected chi connectivity index (χ1v) is 13.1. The third kappa shape index (κ3) is 3.76. The number of hydrogen-bond donors (Lipinski definition) is 1. The summed E-state index contributed by atoms with van der Waals surface area (Å²) in [5, 5.41) is 2.75. The molecule has 2 aromatic carbocycles. The Morgan fingerprint density at radius 3 is 2.56 bits per heavy atom. The van der Waals surface area contributed by atoms with Crippen molar-refractivity contribution in [2.45, 2.75) is 57.1 Å². The molecule has 9 heteroatoms. The molecule has 5 rings (SSSR count). The molecule has 1 fully saturated rings. The van der Waals surface area contributed by atoms with Crippen molar-refractivity contribution in [2.75, 3.05) is 23.3 Å². The minimum atomic E-state index is -3.77. The highest BCUT2D eigenvalue weighted by Crippen LogP contribution is 2.38. The van der Waals surface area contributed by atoms with Gasteiger partial charge in [-0.25, -0.2) is 8.42 Å². The van der Waals surface area contributed by atoms with E-state index in [9.17, 15) is 18.0 Å². The number of rotatable bonds is 3. The highest BCUT2D eigenvalue weighted by Gasteiger charge is 2.39. The van der Waals surface area contributed by atoms with E-state index in [1.54, 1.807) is 19.9 Å². The first-order chi connectivity index (χ1) is 16.2. The largest absolute Gasteiger partial charge is 0.479 e. The molecule has 8 nitrogen and oxygen atoms in total. The molecule has 2 atom stereocenters. The lowest BCUT2D eigenvalue weighted by Gasteiger charge is -2.34. The van der Waals surface area contributed by atoms with Gasteiger partial charge in [-0.3, -0.25) is 9.59 Å².